The fourth-order valence-corrected chi connectivity index (χ4v) is 2.12. The highest BCUT2D eigenvalue weighted by atomic mass is 15.6. The Hall–Kier alpha value is -0.0800. The van der Waals surface area contributed by atoms with E-state index in [0.29, 0.717) is 4.59 Å². The van der Waals surface area contributed by atoms with E-state index < -0.39 is 0 Å². The Bertz CT molecular complexity index is 155. The molecule has 0 rings (SSSR count). The van der Waals surface area contributed by atoms with Crippen LogP contribution in [0.15, 0.2) is 0 Å². The van der Waals surface area contributed by atoms with Crippen LogP contribution in [0.3, 0.4) is 0 Å². The van der Waals surface area contributed by atoms with Gasteiger partial charge in [-0.05, 0) is 19.8 Å². The number of hydrogen-bond donors (Lipinski definition) is 1. The summed E-state index contributed by atoms with van der Waals surface area (Å²) in [6.07, 6.45) is 14.0. The van der Waals surface area contributed by atoms with Crippen LogP contribution in [0.25, 0.3) is 0 Å². The molecule has 0 aromatic carbocycles. The zero-order valence-corrected chi connectivity index (χ0v) is 12.5. The lowest BCUT2D eigenvalue weighted by Gasteiger charge is -2.26. The molecule has 2 nitrogen and oxygen atoms in total. The zero-order valence-electron chi connectivity index (χ0n) is 12.5. The van der Waals surface area contributed by atoms with Crippen LogP contribution in [0.1, 0.15) is 78.1 Å². The van der Waals surface area contributed by atoms with Crippen molar-refractivity contribution in [2.45, 2.75) is 78.1 Å². The van der Waals surface area contributed by atoms with Crippen molar-refractivity contribution >= 4 is 0 Å². The van der Waals surface area contributed by atoms with E-state index in [4.69, 9.17) is 5.84 Å². The molecule has 0 fully saturated rings. The van der Waals surface area contributed by atoms with Crippen LogP contribution in [-0.2, 0) is 0 Å². The monoisotopic (exact) mass is 243 g/mol. The molecular formula is C15H35N2+. The van der Waals surface area contributed by atoms with E-state index in [2.05, 4.69) is 20.9 Å². The summed E-state index contributed by atoms with van der Waals surface area (Å²) >= 11 is 0. The van der Waals surface area contributed by atoms with Crippen LogP contribution in [0.2, 0.25) is 0 Å². The molecule has 0 aliphatic carbocycles. The molecule has 0 heterocycles. The van der Waals surface area contributed by atoms with Crippen molar-refractivity contribution in [3.05, 3.63) is 0 Å². The Morgan fingerprint density at radius 3 is 1.53 bits per heavy atom. The lowest BCUT2D eigenvalue weighted by Crippen LogP contribution is -2.51. The first kappa shape index (κ1) is 16.9. The molecule has 0 radical (unpaired) electrons. The van der Waals surface area contributed by atoms with E-state index in [1.165, 1.54) is 64.2 Å². The molecule has 1 unspecified atom stereocenters. The second-order valence-electron chi connectivity index (χ2n) is 5.70. The van der Waals surface area contributed by atoms with Crippen molar-refractivity contribution in [2.75, 3.05) is 20.1 Å². The van der Waals surface area contributed by atoms with Crippen molar-refractivity contribution < 1.29 is 4.59 Å². The van der Waals surface area contributed by atoms with Gasteiger partial charge in [-0.2, -0.15) is 5.84 Å². The van der Waals surface area contributed by atoms with Crippen LogP contribution >= 0.6 is 0 Å². The number of quaternary nitrogens is 1. The molecule has 0 aromatic rings. The molecule has 17 heavy (non-hydrogen) atoms. The standard InChI is InChI=1S/C15H35N2/c1-4-6-7-8-9-10-11-12-13-14-15-17(3,16)5-2/h4-16H2,1-3H3/q+1. The summed E-state index contributed by atoms with van der Waals surface area (Å²) in [6.45, 7) is 6.61. The van der Waals surface area contributed by atoms with Crippen LogP contribution in [0.5, 0.6) is 0 Å². The summed E-state index contributed by atoms with van der Waals surface area (Å²) < 4.78 is 0.691. The fourth-order valence-electron chi connectivity index (χ4n) is 2.12. The second kappa shape index (κ2) is 11.0. The Morgan fingerprint density at radius 2 is 1.12 bits per heavy atom. The van der Waals surface area contributed by atoms with Crippen LogP contribution in [-0.4, -0.2) is 24.7 Å². The number of unbranched alkanes of at least 4 members (excludes halogenated alkanes) is 9. The Kier molecular flexibility index (Phi) is 11.0. The number of rotatable bonds is 12. The Morgan fingerprint density at radius 1 is 0.706 bits per heavy atom. The highest BCUT2D eigenvalue weighted by molar-refractivity contribution is 4.47. The third kappa shape index (κ3) is 12.2. The van der Waals surface area contributed by atoms with Crippen molar-refractivity contribution in [2.24, 2.45) is 5.84 Å². The third-order valence-corrected chi connectivity index (χ3v) is 3.74. The first-order valence-electron chi connectivity index (χ1n) is 7.75. The molecule has 104 valence electrons. The molecule has 0 saturated carbocycles. The molecule has 2 N–H and O–H groups in total. The maximum atomic E-state index is 6.06. The molecule has 0 aliphatic rings. The molecule has 0 saturated heterocycles. The molecule has 0 bridgehead atoms. The van der Waals surface area contributed by atoms with E-state index in [9.17, 15) is 0 Å². The molecule has 1 atom stereocenters. The van der Waals surface area contributed by atoms with Gasteiger partial charge in [-0.15, -0.1) is 0 Å². The minimum atomic E-state index is 0.691. The summed E-state index contributed by atoms with van der Waals surface area (Å²) in [5, 5.41) is 0. The average Bonchev–Trinajstić information content (AvgIpc) is 2.31. The van der Waals surface area contributed by atoms with E-state index in [-0.39, 0.29) is 0 Å². The minimum Gasteiger partial charge on any atom is -0.251 e. The van der Waals surface area contributed by atoms with E-state index >= 15 is 0 Å². The second-order valence-corrected chi connectivity index (χ2v) is 5.70. The summed E-state index contributed by atoms with van der Waals surface area (Å²) in [5.74, 6) is 6.06. The lowest BCUT2D eigenvalue weighted by atomic mass is 10.1. The van der Waals surface area contributed by atoms with Gasteiger partial charge in [0.1, 0.15) is 0 Å². The maximum absolute atomic E-state index is 6.06. The Balaban J connectivity index is 3.09. The summed E-state index contributed by atoms with van der Waals surface area (Å²) in [5.41, 5.74) is 0. The van der Waals surface area contributed by atoms with Gasteiger partial charge in [0.15, 0.2) is 0 Å². The van der Waals surface area contributed by atoms with E-state index in [1.54, 1.807) is 0 Å². The lowest BCUT2D eigenvalue weighted by molar-refractivity contribution is -0.919. The molecule has 0 aromatic heterocycles. The number of nitrogens with two attached hydrogens (primary N) is 1. The summed E-state index contributed by atoms with van der Waals surface area (Å²) in [6, 6.07) is 0. The van der Waals surface area contributed by atoms with E-state index in [0.717, 1.165) is 13.1 Å². The third-order valence-electron chi connectivity index (χ3n) is 3.74. The van der Waals surface area contributed by atoms with Crippen molar-refractivity contribution in [3.8, 4) is 0 Å². The molecular weight excluding hydrogens is 208 g/mol. The normalized spacial score (nSPS) is 14.8. The topological polar surface area (TPSA) is 26.0 Å². The van der Waals surface area contributed by atoms with Gasteiger partial charge >= 0.3 is 0 Å². The predicted octanol–water partition coefficient (Wildman–Crippen LogP) is 4.25. The summed E-state index contributed by atoms with van der Waals surface area (Å²) in [7, 11) is 2.12. The largest absolute Gasteiger partial charge is 0.251 e. The van der Waals surface area contributed by atoms with Gasteiger partial charge in [0.25, 0.3) is 0 Å². The smallest absolute Gasteiger partial charge is 0.0957 e. The van der Waals surface area contributed by atoms with Gasteiger partial charge in [0, 0.05) is 0 Å². The van der Waals surface area contributed by atoms with E-state index in [1.807, 2.05) is 0 Å². The average molecular weight is 243 g/mol. The predicted molar refractivity (Wildman–Crippen MR) is 77.6 cm³/mol. The number of nitrogens with zero attached hydrogens (tertiary/aromatic N) is 1. The zero-order chi connectivity index (χ0) is 13.0. The van der Waals surface area contributed by atoms with Gasteiger partial charge in [0.2, 0.25) is 0 Å². The van der Waals surface area contributed by atoms with Crippen molar-refractivity contribution in [3.63, 3.8) is 0 Å². The van der Waals surface area contributed by atoms with Gasteiger partial charge in [-0.1, -0.05) is 58.3 Å². The fraction of sp³-hybridized carbons (Fsp3) is 1.00. The highest BCUT2D eigenvalue weighted by Gasteiger charge is 2.11. The quantitative estimate of drug-likeness (QED) is 0.236. The number of hydrogen-bond acceptors (Lipinski definition) is 1. The summed E-state index contributed by atoms with van der Waals surface area (Å²) in [4.78, 5) is 0. The molecule has 2 heteroatoms. The molecule has 0 spiro atoms. The van der Waals surface area contributed by atoms with Crippen LogP contribution < -0.4 is 5.84 Å². The van der Waals surface area contributed by atoms with Gasteiger partial charge in [0.05, 0.1) is 20.1 Å². The van der Waals surface area contributed by atoms with Gasteiger partial charge < -0.3 is 0 Å². The first-order valence-corrected chi connectivity index (χ1v) is 7.75. The maximum Gasteiger partial charge on any atom is 0.0957 e. The van der Waals surface area contributed by atoms with Crippen molar-refractivity contribution in [1.29, 1.82) is 0 Å². The van der Waals surface area contributed by atoms with Crippen LogP contribution in [0.4, 0.5) is 0 Å². The van der Waals surface area contributed by atoms with Crippen molar-refractivity contribution in [1.82, 2.24) is 0 Å². The molecule has 0 aliphatic heterocycles. The Labute approximate surface area is 109 Å². The first-order chi connectivity index (χ1) is 8.12. The SMILES string of the molecule is CCCCCCCCCCCC[N+](C)(N)CC. The van der Waals surface area contributed by atoms with Gasteiger partial charge in [-0.25, -0.2) is 0 Å². The molecule has 0 amide bonds. The van der Waals surface area contributed by atoms with Gasteiger partial charge in [-0.3, -0.25) is 4.59 Å². The highest BCUT2D eigenvalue weighted by Crippen LogP contribution is 2.11. The minimum absolute atomic E-state index is 0.691. The van der Waals surface area contributed by atoms with Crippen LogP contribution in [0, 0.1) is 0 Å².